The van der Waals surface area contributed by atoms with Crippen LogP contribution in [0.2, 0.25) is 0 Å². The Kier molecular flexibility index (Phi) is 3.57. The van der Waals surface area contributed by atoms with Crippen LogP contribution in [0.4, 0.5) is 0 Å². The number of benzene rings is 1. The molecule has 102 valence electrons. The van der Waals surface area contributed by atoms with Crippen LogP contribution in [0.3, 0.4) is 0 Å². The van der Waals surface area contributed by atoms with E-state index in [0.29, 0.717) is 0 Å². The Morgan fingerprint density at radius 2 is 1.65 bits per heavy atom. The van der Waals surface area contributed by atoms with Crippen molar-refractivity contribution >= 4 is 11.6 Å². The highest BCUT2D eigenvalue weighted by Gasteiger charge is 2.29. The zero-order chi connectivity index (χ0) is 14.9. The minimum Gasteiger partial charge on any atom is -0.507 e. The lowest BCUT2D eigenvalue weighted by Crippen LogP contribution is -2.16. The third-order valence-corrected chi connectivity index (χ3v) is 2.89. The minimum absolute atomic E-state index is 0.144. The first-order chi connectivity index (χ1) is 9.41. The van der Waals surface area contributed by atoms with Gasteiger partial charge in [0.2, 0.25) is 0 Å². The van der Waals surface area contributed by atoms with Crippen molar-refractivity contribution in [2.75, 3.05) is 0 Å². The molecule has 2 N–H and O–H groups in total. The molecule has 1 aromatic rings. The first-order valence-electron chi connectivity index (χ1n) is 6.09. The number of rotatable bonds is 2. The fraction of sp³-hybridized carbons (Fsp3) is 0.125. The second-order valence-corrected chi connectivity index (χ2v) is 4.75. The lowest BCUT2D eigenvalue weighted by molar-refractivity contribution is 0.0982. The molecule has 0 saturated heterocycles. The van der Waals surface area contributed by atoms with Crippen molar-refractivity contribution < 1.29 is 19.8 Å². The van der Waals surface area contributed by atoms with E-state index in [1.165, 1.54) is 24.3 Å². The van der Waals surface area contributed by atoms with Crippen LogP contribution in [-0.2, 0) is 0 Å². The van der Waals surface area contributed by atoms with Gasteiger partial charge in [-0.25, -0.2) is 0 Å². The highest BCUT2D eigenvalue weighted by Crippen LogP contribution is 2.34. The Morgan fingerprint density at radius 3 is 2.25 bits per heavy atom. The molecule has 1 aliphatic carbocycles. The Morgan fingerprint density at radius 1 is 1.05 bits per heavy atom. The monoisotopic (exact) mass is 270 g/mol. The molecule has 0 aromatic heterocycles. The van der Waals surface area contributed by atoms with Crippen molar-refractivity contribution in [1.82, 2.24) is 0 Å². The number of Topliss-reactive ketones (excluding diaryl/α,β-unsaturated/α-hetero) is 1. The van der Waals surface area contributed by atoms with Crippen molar-refractivity contribution in [3.63, 3.8) is 0 Å². The van der Waals surface area contributed by atoms with Crippen LogP contribution in [0.15, 0.2) is 47.6 Å². The average molecular weight is 270 g/mol. The first-order valence-corrected chi connectivity index (χ1v) is 6.09. The normalized spacial score (nSPS) is 14.2. The number of allylic oxidation sites excluding steroid dienone is 6. The van der Waals surface area contributed by atoms with Crippen LogP contribution in [0, 0.1) is 0 Å². The predicted molar refractivity (Wildman–Crippen MR) is 75.1 cm³/mol. The van der Waals surface area contributed by atoms with Gasteiger partial charge in [-0.3, -0.25) is 9.59 Å². The number of fused-ring (bicyclic) bond motifs is 1. The standard InChI is InChI=1S/C16H14O4/c1-9(2)4-3-5-10-8-13(19)14-11(17)6-7-12(18)15(14)16(10)20/h3-8,17-18H,1-2H3. The summed E-state index contributed by atoms with van der Waals surface area (Å²) in [6.07, 6.45) is 6.15. The average Bonchev–Trinajstić information content (AvgIpc) is 2.37. The second-order valence-electron chi connectivity index (χ2n) is 4.75. The number of hydrogen-bond donors (Lipinski definition) is 2. The maximum atomic E-state index is 12.2. The third kappa shape index (κ3) is 2.40. The van der Waals surface area contributed by atoms with Gasteiger partial charge in [0.15, 0.2) is 11.6 Å². The quantitative estimate of drug-likeness (QED) is 0.640. The predicted octanol–water partition coefficient (Wildman–Crippen LogP) is 2.93. The summed E-state index contributed by atoms with van der Waals surface area (Å²) in [5, 5.41) is 19.4. The molecule has 4 nitrogen and oxygen atoms in total. The molecule has 1 aliphatic rings. The van der Waals surface area contributed by atoms with Crippen LogP contribution in [0.25, 0.3) is 0 Å². The molecule has 0 heterocycles. The van der Waals surface area contributed by atoms with Gasteiger partial charge in [-0.05, 0) is 32.1 Å². The first kappa shape index (κ1) is 13.8. The molecule has 0 bridgehead atoms. The van der Waals surface area contributed by atoms with Crippen molar-refractivity contribution in [2.45, 2.75) is 13.8 Å². The molecule has 0 radical (unpaired) electrons. The smallest absolute Gasteiger partial charge is 0.197 e. The molecule has 2 rings (SSSR count). The largest absolute Gasteiger partial charge is 0.507 e. The number of phenols is 2. The molecule has 1 aromatic carbocycles. The van der Waals surface area contributed by atoms with E-state index in [1.54, 1.807) is 12.2 Å². The van der Waals surface area contributed by atoms with Gasteiger partial charge in [-0.2, -0.15) is 0 Å². The van der Waals surface area contributed by atoms with Gasteiger partial charge in [0.1, 0.15) is 11.5 Å². The Labute approximate surface area is 116 Å². The lowest BCUT2D eigenvalue weighted by atomic mass is 9.88. The van der Waals surface area contributed by atoms with Crippen LogP contribution in [0.1, 0.15) is 34.6 Å². The van der Waals surface area contributed by atoms with E-state index in [4.69, 9.17) is 0 Å². The van der Waals surface area contributed by atoms with Gasteiger partial charge in [-0.1, -0.05) is 23.8 Å². The summed E-state index contributed by atoms with van der Waals surface area (Å²) in [5.74, 6) is -1.59. The van der Waals surface area contributed by atoms with E-state index in [9.17, 15) is 19.8 Å². The summed E-state index contributed by atoms with van der Waals surface area (Å²) < 4.78 is 0. The van der Waals surface area contributed by atoms with Gasteiger partial charge >= 0.3 is 0 Å². The number of hydrogen-bond acceptors (Lipinski definition) is 4. The van der Waals surface area contributed by atoms with Gasteiger partial charge in [0.05, 0.1) is 11.1 Å². The molecule has 4 heteroatoms. The van der Waals surface area contributed by atoms with Crippen LogP contribution >= 0.6 is 0 Å². The molecule has 0 atom stereocenters. The van der Waals surface area contributed by atoms with Gasteiger partial charge in [0, 0.05) is 5.57 Å². The van der Waals surface area contributed by atoms with Crippen LogP contribution in [0.5, 0.6) is 11.5 Å². The third-order valence-electron chi connectivity index (χ3n) is 2.89. The Bertz CT molecular complexity index is 687. The van der Waals surface area contributed by atoms with E-state index in [2.05, 4.69) is 0 Å². The van der Waals surface area contributed by atoms with Crippen molar-refractivity contribution in [3.05, 3.63) is 58.7 Å². The second kappa shape index (κ2) is 5.17. The molecule has 0 fully saturated rings. The number of phenolic OH excluding ortho intramolecular Hbond substituents is 2. The molecular weight excluding hydrogens is 256 g/mol. The Balaban J connectivity index is 2.51. The fourth-order valence-corrected chi connectivity index (χ4v) is 1.95. The molecule has 0 saturated carbocycles. The van der Waals surface area contributed by atoms with Crippen LogP contribution in [-0.4, -0.2) is 21.8 Å². The summed E-state index contributed by atoms with van der Waals surface area (Å²) in [6, 6.07) is 2.39. The SMILES string of the molecule is CC(C)=CC=CC1=CC(=O)c2c(O)ccc(O)c2C1=O. The van der Waals surface area contributed by atoms with Gasteiger partial charge in [-0.15, -0.1) is 0 Å². The lowest BCUT2D eigenvalue weighted by Gasteiger charge is -2.15. The van der Waals surface area contributed by atoms with Crippen molar-refractivity contribution in [1.29, 1.82) is 0 Å². The van der Waals surface area contributed by atoms with Gasteiger partial charge < -0.3 is 10.2 Å². The maximum Gasteiger partial charge on any atom is 0.197 e. The van der Waals surface area contributed by atoms with E-state index in [0.717, 1.165) is 5.57 Å². The van der Waals surface area contributed by atoms with Crippen molar-refractivity contribution in [2.24, 2.45) is 0 Å². The van der Waals surface area contributed by atoms with Crippen LogP contribution < -0.4 is 0 Å². The van der Waals surface area contributed by atoms with Crippen molar-refractivity contribution in [3.8, 4) is 11.5 Å². The Hall–Kier alpha value is -2.62. The summed E-state index contributed by atoms with van der Waals surface area (Å²) in [7, 11) is 0. The summed E-state index contributed by atoms with van der Waals surface area (Å²) in [6.45, 7) is 3.82. The van der Waals surface area contributed by atoms with E-state index >= 15 is 0 Å². The molecule has 0 spiro atoms. The molecular formula is C16H14O4. The molecule has 0 amide bonds. The minimum atomic E-state index is -0.496. The number of carbonyl (C=O) groups excluding carboxylic acids is 2. The zero-order valence-electron chi connectivity index (χ0n) is 11.2. The number of aromatic hydroxyl groups is 2. The highest BCUT2D eigenvalue weighted by atomic mass is 16.3. The fourth-order valence-electron chi connectivity index (χ4n) is 1.95. The van der Waals surface area contributed by atoms with E-state index in [1.807, 2.05) is 13.8 Å². The molecule has 20 heavy (non-hydrogen) atoms. The number of ketones is 2. The topological polar surface area (TPSA) is 74.6 Å². The molecule has 0 aliphatic heterocycles. The molecule has 0 unspecified atom stereocenters. The summed E-state index contributed by atoms with van der Waals surface area (Å²) >= 11 is 0. The zero-order valence-corrected chi connectivity index (χ0v) is 11.2. The van der Waals surface area contributed by atoms with E-state index < -0.39 is 11.6 Å². The van der Waals surface area contributed by atoms with Gasteiger partial charge in [0.25, 0.3) is 0 Å². The highest BCUT2D eigenvalue weighted by molar-refractivity contribution is 6.27. The van der Waals surface area contributed by atoms with E-state index in [-0.39, 0.29) is 28.2 Å². The maximum absolute atomic E-state index is 12.2. The number of carbonyl (C=O) groups is 2. The summed E-state index contributed by atoms with van der Waals surface area (Å²) in [4.78, 5) is 24.2. The summed E-state index contributed by atoms with van der Waals surface area (Å²) in [5.41, 5.74) is 0.946.